The zero-order valence-electron chi connectivity index (χ0n) is 10.5. The van der Waals surface area contributed by atoms with E-state index in [-0.39, 0.29) is 0 Å². The summed E-state index contributed by atoms with van der Waals surface area (Å²) < 4.78 is 0.876. The molecule has 1 unspecified atom stereocenters. The highest BCUT2D eigenvalue weighted by Gasteiger charge is 2.37. The maximum Gasteiger partial charge on any atom is 0.316 e. The summed E-state index contributed by atoms with van der Waals surface area (Å²) in [6.45, 7) is 5.21. The van der Waals surface area contributed by atoms with Gasteiger partial charge in [-0.1, -0.05) is 32.9 Å². The zero-order chi connectivity index (χ0) is 13.9. The number of anilines is 1. The Morgan fingerprint density at radius 3 is 2.28 bits per heavy atom. The second-order valence-electron chi connectivity index (χ2n) is 5.11. The van der Waals surface area contributed by atoms with E-state index in [0.717, 1.165) is 3.57 Å². The maximum absolute atomic E-state index is 12.1. The van der Waals surface area contributed by atoms with E-state index >= 15 is 0 Å². The first-order valence-electron chi connectivity index (χ1n) is 5.51. The molecule has 2 N–H and O–H groups in total. The summed E-state index contributed by atoms with van der Waals surface area (Å²) in [5, 5.41) is 11.8. The van der Waals surface area contributed by atoms with Crippen LogP contribution in [0.4, 0.5) is 5.69 Å². The third kappa shape index (κ3) is 3.69. The molecular weight excluding hydrogens is 345 g/mol. The fraction of sp³-hybridized carbons (Fsp3) is 0.385. The Morgan fingerprint density at radius 1 is 1.28 bits per heavy atom. The second-order valence-corrected chi connectivity index (χ2v) is 6.27. The monoisotopic (exact) mass is 361 g/mol. The Balaban J connectivity index is 2.94. The average molecular weight is 361 g/mol. The first kappa shape index (κ1) is 14.9. The first-order chi connectivity index (χ1) is 8.23. The van der Waals surface area contributed by atoms with Gasteiger partial charge in [-0.05, 0) is 40.1 Å². The number of carboxylic acid groups (broad SMARTS) is 1. The van der Waals surface area contributed by atoms with E-state index in [1.807, 2.05) is 12.1 Å². The molecule has 1 aromatic rings. The van der Waals surface area contributed by atoms with Gasteiger partial charge in [0.05, 0.1) is 5.69 Å². The molecule has 98 valence electrons. The molecule has 0 spiro atoms. The van der Waals surface area contributed by atoms with E-state index in [0.29, 0.717) is 5.69 Å². The van der Waals surface area contributed by atoms with Crippen molar-refractivity contribution in [2.75, 3.05) is 5.32 Å². The molecule has 0 aromatic heterocycles. The van der Waals surface area contributed by atoms with Gasteiger partial charge in [-0.3, -0.25) is 9.59 Å². The van der Waals surface area contributed by atoms with Crippen LogP contribution in [-0.2, 0) is 9.59 Å². The van der Waals surface area contributed by atoms with Crippen LogP contribution in [0.15, 0.2) is 24.3 Å². The Morgan fingerprint density at radius 2 is 1.83 bits per heavy atom. The number of amides is 1. The van der Waals surface area contributed by atoms with Crippen molar-refractivity contribution in [3.63, 3.8) is 0 Å². The van der Waals surface area contributed by atoms with Crippen molar-refractivity contribution in [2.45, 2.75) is 20.8 Å². The molecule has 1 rings (SSSR count). The van der Waals surface area contributed by atoms with Gasteiger partial charge < -0.3 is 10.4 Å². The standard InChI is InChI=1S/C13H16INO3/c1-13(2,3)10(12(17)18)11(16)15-9-7-5-4-6-8(9)14/h4-7,10H,1-3H3,(H,15,16)(H,17,18). The van der Waals surface area contributed by atoms with Crippen LogP contribution in [0.5, 0.6) is 0 Å². The summed E-state index contributed by atoms with van der Waals surface area (Å²) in [7, 11) is 0. The van der Waals surface area contributed by atoms with E-state index in [2.05, 4.69) is 27.9 Å². The molecule has 0 radical (unpaired) electrons. The van der Waals surface area contributed by atoms with E-state index < -0.39 is 23.2 Å². The summed E-state index contributed by atoms with van der Waals surface area (Å²) in [4.78, 5) is 23.3. The predicted molar refractivity (Wildman–Crippen MR) is 78.4 cm³/mol. The number of hydrogen-bond acceptors (Lipinski definition) is 2. The molecule has 0 aliphatic carbocycles. The highest BCUT2D eigenvalue weighted by molar-refractivity contribution is 14.1. The average Bonchev–Trinajstić information content (AvgIpc) is 2.18. The van der Waals surface area contributed by atoms with Crippen LogP contribution in [0, 0.1) is 14.9 Å². The Bertz CT molecular complexity index is 466. The van der Waals surface area contributed by atoms with Gasteiger partial charge in [-0.25, -0.2) is 0 Å². The summed E-state index contributed by atoms with van der Waals surface area (Å²) in [5.74, 6) is -2.67. The summed E-state index contributed by atoms with van der Waals surface area (Å²) in [6.07, 6.45) is 0. The minimum absolute atomic E-state index is 0.487. The molecule has 0 fully saturated rings. The number of hydrogen-bond donors (Lipinski definition) is 2. The molecule has 0 aliphatic rings. The molecule has 4 nitrogen and oxygen atoms in total. The van der Waals surface area contributed by atoms with Gasteiger partial charge in [0.2, 0.25) is 5.91 Å². The smallest absolute Gasteiger partial charge is 0.316 e. The summed E-state index contributed by atoms with van der Waals surface area (Å²) >= 11 is 2.09. The number of carboxylic acids is 1. The maximum atomic E-state index is 12.1. The lowest BCUT2D eigenvalue weighted by Gasteiger charge is -2.26. The van der Waals surface area contributed by atoms with Gasteiger partial charge in [0.15, 0.2) is 0 Å². The van der Waals surface area contributed by atoms with Crippen molar-refractivity contribution in [1.82, 2.24) is 0 Å². The third-order valence-electron chi connectivity index (χ3n) is 2.51. The molecule has 1 atom stereocenters. The number of para-hydroxylation sites is 1. The normalized spacial score (nSPS) is 12.9. The minimum Gasteiger partial charge on any atom is -0.481 e. The van der Waals surface area contributed by atoms with Gasteiger partial charge >= 0.3 is 5.97 Å². The highest BCUT2D eigenvalue weighted by atomic mass is 127. The van der Waals surface area contributed by atoms with E-state index in [1.165, 1.54) is 0 Å². The van der Waals surface area contributed by atoms with Crippen LogP contribution < -0.4 is 5.32 Å². The largest absolute Gasteiger partial charge is 0.481 e. The lowest BCUT2D eigenvalue weighted by Crippen LogP contribution is -2.39. The third-order valence-corrected chi connectivity index (χ3v) is 3.45. The number of halogens is 1. The molecule has 0 saturated heterocycles. The van der Waals surface area contributed by atoms with E-state index in [1.54, 1.807) is 32.9 Å². The van der Waals surface area contributed by atoms with Crippen LogP contribution in [0.2, 0.25) is 0 Å². The molecule has 18 heavy (non-hydrogen) atoms. The number of aliphatic carboxylic acids is 1. The SMILES string of the molecule is CC(C)(C)C(C(=O)O)C(=O)Nc1ccccc1I. The highest BCUT2D eigenvalue weighted by Crippen LogP contribution is 2.28. The van der Waals surface area contributed by atoms with Crippen LogP contribution in [0.1, 0.15) is 20.8 Å². The van der Waals surface area contributed by atoms with Gasteiger partial charge in [-0.2, -0.15) is 0 Å². The number of carbonyl (C=O) groups is 2. The number of rotatable bonds is 3. The second kappa shape index (κ2) is 5.69. The van der Waals surface area contributed by atoms with Gasteiger partial charge in [0.1, 0.15) is 5.92 Å². The topological polar surface area (TPSA) is 66.4 Å². The quantitative estimate of drug-likeness (QED) is 0.643. The Kier molecular flexibility index (Phi) is 4.72. The Labute approximate surface area is 120 Å². The summed E-state index contributed by atoms with van der Waals surface area (Å²) in [5.41, 5.74) is 0.00876. The molecule has 0 heterocycles. The lowest BCUT2D eigenvalue weighted by atomic mass is 9.80. The molecule has 1 aromatic carbocycles. The molecule has 0 aliphatic heterocycles. The predicted octanol–water partition coefficient (Wildman–Crippen LogP) is 2.98. The van der Waals surface area contributed by atoms with Crippen molar-refractivity contribution < 1.29 is 14.7 Å². The summed E-state index contributed by atoms with van der Waals surface area (Å²) in [6, 6.07) is 7.25. The van der Waals surface area contributed by atoms with Crippen molar-refractivity contribution >= 4 is 40.2 Å². The molecule has 5 heteroatoms. The first-order valence-corrected chi connectivity index (χ1v) is 6.59. The van der Waals surface area contributed by atoms with Crippen LogP contribution >= 0.6 is 22.6 Å². The molecule has 0 bridgehead atoms. The molecule has 0 saturated carbocycles. The van der Waals surface area contributed by atoms with Crippen molar-refractivity contribution in [2.24, 2.45) is 11.3 Å². The van der Waals surface area contributed by atoms with Crippen molar-refractivity contribution in [3.05, 3.63) is 27.8 Å². The molecule has 1 amide bonds. The van der Waals surface area contributed by atoms with Gasteiger partial charge in [-0.15, -0.1) is 0 Å². The minimum atomic E-state index is -1.11. The van der Waals surface area contributed by atoms with Crippen molar-refractivity contribution in [3.8, 4) is 0 Å². The lowest BCUT2D eigenvalue weighted by molar-refractivity contribution is -0.149. The van der Waals surface area contributed by atoms with E-state index in [9.17, 15) is 9.59 Å². The fourth-order valence-electron chi connectivity index (χ4n) is 1.64. The number of benzene rings is 1. The Hall–Kier alpha value is -1.11. The van der Waals surface area contributed by atoms with Crippen LogP contribution in [0.3, 0.4) is 0 Å². The molecular formula is C13H16INO3. The van der Waals surface area contributed by atoms with Crippen LogP contribution in [0.25, 0.3) is 0 Å². The van der Waals surface area contributed by atoms with Gasteiger partial charge in [0, 0.05) is 3.57 Å². The number of nitrogens with one attached hydrogen (secondary N) is 1. The fourth-order valence-corrected chi connectivity index (χ4v) is 2.17. The van der Waals surface area contributed by atoms with Crippen LogP contribution in [-0.4, -0.2) is 17.0 Å². The van der Waals surface area contributed by atoms with Gasteiger partial charge in [0.25, 0.3) is 0 Å². The zero-order valence-corrected chi connectivity index (χ0v) is 12.7. The number of carbonyl (C=O) groups excluding carboxylic acids is 1. The van der Waals surface area contributed by atoms with E-state index in [4.69, 9.17) is 5.11 Å². The van der Waals surface area contributed by atoms with Crippen molar-refractivity contribution in [1.29, 1.82) is 0 Å².